The molecule has 0 bridgehead atoms. The van der Waals surface area contributed by atoms with E-state index in [1.165, 1.54) is 16.8 Å². The van der Waals surface area contributed by atoms with Gasteiger partial charge < -0.3 is 10.1 Å². The van der Waals surface area contributed by atoms with Gasteiger partial charge in [0.2, 0.25) is 0 Å². The van der Waals surface area contributed by atoms with Gasteiger partial charge in [0.15, 0.2) is 0 Å². The normalized spacial score (nSPS) is 10.8. The van der Waals surface area contributed by atoms with Crippen molar-refractivity contribution in [3.8, 4) is 5.69 Å². The van der Waals surface area contributed by atoms with E-state index < -0.39 is 0 Å². The highest BCUT2D eigenvalue weighted by Crippen LogP contribution is 2.08. The third kappa shape index (κ3) is 5.14. The fraction of sp³-hybridized carbons (Fsp3) is 0.227. The first-order valence-electron chi connectivity index (χ1n) is 9.16. The molecule has 6 nitrogen and oxygen atoms in total. The van der Waals surface area contributed by atoms with Gasteiger partial charge in [-0.1, -0.05) is 42.5 Å². The summed E-state index contributed by atoms with van der Waals surface area (Å²) in [4.78, 5) is 24.5. The Kier molecular flexibility index (Phi) is 6.34. The molecule has 0 unspecified atom stereocenters. The predicted molar refractivity (Wildman–Crippen MR) is 107 cm³/mol. The van der Waals surface area contributed by atoms with Gasteiger partial charge in [-0.25, -0.2) is 0 Å². The summed E-state index contributed by atoms with van der Waals surface area (Å²) in [6.45, 7) is 4.93. The molecule has 0 aliphatic carbocycles. The molecule has 0 fully saturated rings. The van der Waals surface area contributed by atoms with E-state index in [1.807, 2.05) is 56.3 Å². The van der Waals surface area contributed by atoms with E-state index >= 15 is 0 Å². The van der Waals surface area contributed by atoms with Crippen LogP contribution in [0.2, 0.25) is 0 Å². The van der Waals surface area contributed by atoms with Gasteiger partial charge in [-0.3, -0.25) is 9.59 Å². The molecule has 28 heavy (non-hydrogen) atoms. The fourth-order valence-corrected chi connectivity index (χ4v) is 2.58. The maximum absolute atomic E-state index is 12.4. The molecule has 0 atom stereocenters. The van der Waals surface area contributed by atoms with Crippen molar-refractivity contribution in [3.05, 3.63) is 93.9 Å². The quantitative estimate of drug-likeness (QED) is 0.687. The van der Waals surface area contributed by atoms with Crippen LogP contribution in [0, 0.1) is 0 Å². The fourth-order valence-electron chi connectivity index (χ4n) is 2.58. The van der Waals surface area contributed by atoms with Gasteiger partial charge in [0.05, 0.1) is 18.4 Å². The smallest absolute Gasteiger partial charge is 0.272 e. The van der Waals surface area contributed by atoms with E-state index in [0.717, 1.165) is 11.1 Å². The zero-order chi connectivity index (χ0) is 19.9. The van der Waals surface area contributed by atoms with Crippen LogP contribution in [-0.2, 0) is 17.9 Å². The monoisotopic (exact) mass is 377 g/mol. The minimum absolute atomic E-state index is 0.186. The lowest BCUT2D eigenvalue weighted by Crippen LogP contribution is -2.28. The SMILES string of the molecule is CC(C)OCc1ccc(CNC(=O)c2ccc(=O)n(-c3ccccc3)n2)cc1. The van der Waals surface area contributed by atoms with Crippen molar-refractivity contribution in [1.82, 2.24) is 15.1 Å². The van der Waals surface area contributed by atoms with Gasteiger partial charge in [0.25, 0.3) is 11.5 Å². The second kappa shape index (κ2) is 9.10. The van der Waals surface area contributed by atoms with Crippen molar-refractivity contribution in [2.45, 2.75) is 33.1 Å². The van der Waals surface area contributed by atoms with Crippen molar-refractivity contribution < 1.29 is 9.53 Å². The van der Waals surface area contributed by atoms with Crippen LogP contribution in [0.3, 0.4) is 0 Å². The first-order chi connectivity index (χ1) is 13.5. The van der Waals surface area contributed by atoms with Crippen LogP contribution < -0.4 is 10.9 Å². The molecule has 3 rings (SSSR count). The van der Waals surface area contributed by atoms with E-state index in [4.69, 9.17) is 4.74 Å². The van der Waals surface area contributed by atoms with Crippen molar-refractivity contribution in [1.29, 1.82) is 0 Å². The summed E-state index contributed by atoms with van der Waals surface area (Å²) < 4.78 is 6.80. The van der Waals surface area contributed by atoms with E-state index in [2.05, 4.69) is 10.4 Å². The van der Waals surface area contributed by atoms with Crippen molar-refractivity contribution in [2.24, 2.45) is 0 Å². The minimum Gasteiger partial charge on any atom is -0.374 e. The summed E-state index contributed by atoms with van der Waals surface area (Å²) in [5, 5.41) is 7.02. The number of carbonyl (C=O) groups is 1. The molecule has 0 aliphatic rings. The number of ether oxygens (including phenoxy) is 1. The number of aromatic nitrogens is 2. The summed E-state index contributed by atoms with van der Waals surface area (Å²) in [5.74, 6) is -0.336. The molecule has 1 heterocycles. The largest absolute Gasteiger partial charge is 0.374 e. The van der Waals surface area contributed by atoms with Gasteiger partial charge in [0, 0.05) is 12.6 Å². The average molecular weight is 377 g/mol. The van der Waals surface area contributed by atoms with E-state index in [-0.39, 0.29) is 23.3 Å². The second-order valence-electron chi connectivity index (χ2n) is 6.66. The summed E-state index contributed by atoms with van der Waals surface area (Å²) in [7, 11) is 0. The molecule has 1 amide bonds. The Morgan fingerprint density at radius 3 is 2.36 bits per heavy atom. The van der Waals surface area contributed by atoms with Crippen LogP contribution in [0.15, 0.2) is 71.5 Å². The Bertz CT molecular complexity index is 980. The molecular weight excluding hydrogens is 354 g/mol. The highest BCUT2D eigenvalue weighted by Gasteiger charge is 2.10. The van der Waals surface area contributed by atoms with Crippen LogP contribution in [0.25, 0.3) is 5.69 Å². The van der Waals surface area contributed by atoms with Crippen LogP contribution in [-0.4, -0.2) is 21.8 Å². The van der Waals surface area contributed by atoms with Crippen molar-refractivity contribution in [2.75, 3.05) is 0 Å². The van der Waals surface area contributed by atoms with Crippen molar-refractivity contribution in [3.63, 3.8) is 0 Å². The van der Waals surface area contributed by atoms with E-state index in [9.17, 15) is 9.59 Å². The van der Waals surface area contributed by atoms with Crippen LogP contribution in [0.1, 0.15) is 35.5 Å². The molecule has 144 valence electrons. The van der Waals surface area contributed by atoms with Gasteiger partial charge in [-0.05, 0) is 43.2 Å². The topological polar surface area (TPSA) is 73.2 Å². The lowest BCUT2D eigenvalue weighted by Gasteiger charge is -2.09. The van der Waals surface area contributed by atoms with Gasteiger partial charge in [-0.15, -0.1) is 0 Å². The number of para-hydroxylation sites is 1. The Hall–Kier alpha value is -3.25. The van der Waals surface area contributed by atoms with Gasteiger partial charge >= 0.3 is 0 Å². The van der Waals surface area contributed by atoms with Crippen molar-refractivity contribution >= 4 is 5.91 Å². The standard InChI is InChI=1S/C22H23N3O3/c1-16(2)28-15-18-10-8-17(9-11-18)14-23-22(27)20-12-13-21(26)25(24-20)19-6-4-3-5-7-19/h3-13,16H,14-15H2,1-2H3,(H,23,27). The number of carbonyl (C=O) groups excluding carboxylic acids is 1. The maximum Gasteiger partial charge on any atom is 0.272 e. The lowest BCUT2D eigenvalue weighted by atomic mass is 10.1. The summed E-state index contributed by atoms with van der Waals surface area (Å²) >= 11 is 0. The number of amides is 1. The first kappa shape index (κ1) is 19.5. The third-order valence-electron chi connectivity index (χ3n) is 4.09. The zero-order valence-corrected chi connectivity index (χ0v) is 16.0. The summed E-state index contributed by atoms with van der Waals surface area (Å²) in [5.41, 5.74) is 2.56. The molecule has 0 saturated carbocycles. The summed E-state index contributed by atoms with van der Waals surface area (Å²) in [6.07, 6.45) is 0.186. The summed E-state index contributed by atoms with van der Waals surface area (Å²) in [6, 6.07) is 19.7. The molecule has 0 saturated heterocycles. The maximum atomic E-state index is 12.4. The second-order valence-corrected chi connectivity index (χ2v) is 6.66. The molecule has 2 aromatic carbocycles. The molecule has 0 aliphatic heterocycles. The Morgan fingerprint density at radius 2 is 1.68 bits per heavy atom. The Morgan fingerprint density at radius 1 is 1.00 bits per heavy atom. The molecule has 0 radical (unpaired) electrons. The number of rotatable bonds is 7. The van der Waals surface area contributed by atoms with E-state index in [0.29, 0.717) is 18.8 Å². The highest BCUT2D eigenvalue weighted by atomic mass is 16.5. The highest BCUT2D eigenvalue weighted by molar-refractivity contribution is 5.92. The predicted octanol–water partition coefficient (Wildman–Crippen LogP) is 3.09. The zero-order valence-electron chi connectivity index (χ0n) is 16.0. The number of nitrogens with one attached hydrogen (secondary N) is 1. The van der Waals surface area contributed by atoms with Crippen LogP contribution >= 0.6 is 0 Å². The lowest BCUT2D eigenvalue weighted by molar-refractivity contribution is 0.0657. The molecule has 6 heteroatoms. The number of hydrogen-bond acceptors (Lipinski definition) is 4. The Labute approximate surface area is 163 Å². The van der Waals surface area contributed by atoms with Gasteiger partial charge in [-0.2, -0.15) is 9.78 Å². The molecule has 0 spiro atoms. The number of hydrogen-bond donors (Lipinski definition) is 1. The molecule has 3 aromatic rings. The Balaban J connectivity index is 1.64. The number of nitrogens with zero attached hydrogens (tertiary/aromatic N) is 2. The minimum atomic E-state index is -0.336. The van der Waals surface area contributed by atoms with Crippen LogP contribution in [0.5, 0.6) is 0 Å². The molecular formula is C22H23N3O3. The van der Waals surface area contributed by atoms with Gasteiger partial charge in [0.1, 0.15) is 5.69 Å². The van der Waals surface area contributed by atoms with E-state index in [1.54, 1.807) is 12.1 Å². The molecule has 1 N–H and O–H groups in total. The molecule has 1 aromatic heterocycles. The number of benzene rings is 2. The average Bonchev–Trinajstić information content (AvgIpc) is 2.72. The van der Waals surface area contributed by atoms with Crippen LogP contribution in [0.4, 0.5) is 0 Å². The third-order valence-corrected chi connectivity index (χ3v) is 4.09. The first-order valence-corrected chi connectivity index (χ1v) is 9.16.